The summed E-state index contributed by atoms with van der Waals surface area (Å²) in [5, 5.41) is 0. The quantitative estimate of drug-likeness (QED) is 0.231. The van der Waals surface area contributed by atoms with Crippen LogP contribution in [0.25, 0.3) is 5.57 Å². The maximum absolute atomic E-state index is 5.75. The third-order valence-electron chi connectivity index (χ3n) is 9.93. The summed E-state index contributed by atoms with van der Waals surface area (Å²) >= 11 is 0. The van der Waals surface area contributed by atoms with Crippen molar-refractivity contribution in [2.24, 2.45) is 0 Å². The van der Waals surface area contributed by atoms with Crippen molar-refractivity contribution in [2.45, 2.75) is 102 Å². The standard InChI is InChI=1S/C23H26N2.C20H26N2.2C2H6.C2H4/c1-11-23(9,12-2)21-14-22(16(4)13-15(21)3)25-19(7)17(5)18(6)24(10)20(25)8;1-12(2)19-11-20(14(4)10-13(19)3)22-17(7)15(5)16(6)21(9)18(22)8;3*1-2/h1-2,13-14H,7-8H2,3-6,9-10H3;10-11H,1,7-8H2,2-6,9H3;2*1-2H3;1-2H2. The Kier molecular flexibility index (Phi) is 18.0. The smallest absolute Gasteiger partial charge is 0.114 e. The summed E-state index contributed by atoms with van der Waals surface area (Å²) in [4.78, 5) is 8.41. The second-order valence-corrected chi connectivity index (χ2v) is 13.0. The van der Waals surface area contributed by atoms with E-state index < -0.39 is 5.41 Å². The number of benzene rings is 2. The van der Waals surface area contributed by atoms with Gasteiger partial charge in [0, 0.05) is 36.9 Å². The third kappa shape index (κ3) is 9.57. The van der Waals surface area contributed by atoms with Crippen molar-refractivity contribution in [3.63, 3.8) is 0 Å². The van der Waals surface area contributed by atoms with E-state index in [2.05, 4.69) is 150 Å². The number of nitrogens with zero attached hydrogens (tertiary/aromatic N) is 4. The lowest BCUT2D eigenvalue weighted by atomic mass is 9.80. The van der Waals surface area contributed by atoms with Crippen LogP contribution in [-0.2, 0) is 5.41 Å². The highest BCUT2D eigenvalue weighted by Gasteiger charge is 2.31. The molecule has 2 heterocycles. The number of hydrogen-bond acceptors (Lipinski definition) is 4. The van der Waals surface area contributed by atoms with Gasteiger partial charge in [0.2, 0.25) is 0 Å². The van der Waals surface area contributed by atoms with E-state index in [1.54, 1.807) is 0 Å². The Hall–Kier alpha value is -5.32. The SMILES string of the molecule is C#CC(C)(C#C)c1cc(N2C(=C)C(C)=C(C)N(C)C2=C)c(C)cc1C.C=C.C=C(C)c1cc(N2C(=C)C(C)=C(C)N(C)C2=C)c(C)cc1C.CC.CC. The highest BCUT2D eigenvalue weighted by molar-refractivity contribution is 5.75. The molecule has 0 spiro atoms. The summed E-state index contributed by atoms with van der Waals surface area (Å²) in [6, 6.07) is 8.62. The average Bonchev–Trinajstić information content (AvgIpc) is 3.15. The number of hydrogen-bond donors (Lipinski definition) is 0. The predicted octanol–water partition coefficient (Wildman–Crippen LogP) is 13.1. The third-order valence-corrected chi connectivity index (χ3v) is 9.93. The van der Waals surface area contributed by atoms with Gasteiger partial charge in [-0.2, -0.15) is 0 Å². The van der Waals surface area contributed by atoms with Crippen LogP contribution in [0, 0.1) is 52.4 Å². The first-order chi connectivity index (χ1) is 24.7. The Morgan fingerprint density at radius 2 is 0.943 bits per heavy atom. The lowest BCUT2D eigenvalue weighted by Crippen LogP contribution is -2.37. The van der Waals surface area contributed by atoms with Gasteiger partial charge >= 0.3 is 0 Å². The minimum absolute atomic E-state index is 0.752. The van der Waals surface area contributed by atoms with Crippen LogP contribution in [0.1, 0.15) is 103 Å². The van der Waals surface area contributed by atoms with Crippen molar-refractivity contribution in [1.29, 1.82) is 0 Å². The maximum atomic E-state index is 5.75. The van der Waals surface area contributed by atoms with E-state index >= 15 is 0 Å². The Morgan fingerprint density at radius 1 is 0.604 bits per heavy atom. The summed E-state index contributed by atoms with van der Waals surface area (Å²) in [5.41, 5.74) is 15.8. The zero-order valence-corrected chi connectivity index (χ0v) is 36.2. The van der Waals surface area contributed by atoms with Crippen LogP contribution < -0.4 is 9.80 Å². The molecule has 0 radical (unpaired) electrons. The van der Waals surface area contributed by atoms with Crippen molar-refractivity contribution in [1.82, 2.24) is 9.80 Å². The molecule has 2 aliphatic rings. The molecule has 4 heteroatoms. The number of rotatable bonds is 4. The zero-order chi connectivity index (χ0) is 41.9. The Labute approximate surface area is 326 Å². The van der Waals surface area contributed by atoms with Crippen LogP contribution in [0.2, 0.25) is 0 Å². The minimum Gasteiger partial charge on any atom is -0.335 e. The van der Waals surface area contributed by atoms with E-state index in [1.165, 1.54) is 28.0 Å². The zero-order valence-electron chi connectivity index (χ0n) is 36.2. The van der Waals surface area contributed by atoms with Gasteiger partial charge in [0.05, 0.1) is 11.4 Å². The summed E-state index contributed by atoms with van der Waals surface area (Å²) in [7, 11) is 4.06. The first-order valence-electron chi connectivity index (χ1n) is 18.3. The molecule has 2 aromatic carbocycles. The van der Waals surface area contributed by atoms with E-state index in [-0.39, 0.29) is 0 Å². The van der Waals surface area contributed by atoms with Crippen molar-refractivity contribution >= 4 is 16.9 Å². The molecule has 0 unspecified atom stereocenters. The first kappa shape index (κ1) is 47.7. The van der Waals surface area contributed by atoms with E-state index in [0.29, 0.717) is 0 Å². The van der Waals surface area contributed by atoms with Gasteiger partial charge in [-0.3, -0.25) is 9.80 Å². The molecule has 0 aromatic heterocycles. The van der Waals surface area contributed by atoms with Gasteiger partial charge in [-0.05, 0) is 126 Å². The van der Waals surface area contributed by atoms with Crippen LogP contribution in [0.15, 0.2) is 116 Å². The normalized spacial score (nSPS) is 14.1. The van der Waals surface area contributed by atoms with Crippen LogP contribution in [0.4, 0.5) is 11.4 Å². The monoisotopic (exact) mass is 713 g/mol. The van der Waals surface area contributed by atoms with Crippen molar-refractivity contribution in [3.05, 3.63) is 149 Å². The molecule has 53 heavy (non-hydrogen) atoms. The highest BCUT2D eigenvalue weighted by atomic mass is 15.4. The first-order valence-corrected chi connectivity index (χ1v) is 18.3. The number of allylic oxidation sites excluding steroid dienone is 5. The fourth-order valence-electron chi connectivity index (χ4n) is 6.18. The number of anilines is 2. The van der Waals surface area contributed by atoms with Crippen molar-refractivity contribution < 1.29 is 0 Å². The van der Waals surface area contributed by atoms with E-state index in [4.69, 9.17) is 12.8 Å². The summed E-state index contributed by atoms with van der Waals surface area (Å²) < 4.78 is 0. The summed E-state index contributed by atoms with van der Waals surface area (Å²) in [6.45, 7) is 55.9. The minimum atomic E-state index is -0.752. The molecule has 0 atom stereocenters. The van der Waals surface area contributed by atoms with E-state index in [1.807, 2.05) is 62.6 Å². The molecule has 284 valence electrons. The van der Waals surface area contributed by atoms with Crippen LogP contribution in [0.5, 0.6) is 0 Å². The molecular weight excluding hydrogens is 645 g/mol. The Balaban J connectivity index is 0.000000899. The maximum Gasteiger partial charge on any atom is 0.114 e. The van der Waals surface area contributed by atoms with Crippen LogP contribution in [-0.4, -0.2) is 23.9 Å². The van der Waals surface area contributed by atoms with Crippen LogP contribution >= 0.6 is 0 Å². The molecule has 0 saturated heterocycles. The van der Waals surface area contributed by atoms with Gasteiger partial charge in [-0.15, -0.1) is 26.0 Å². The largest absolute Gasteiger partial charge is 0.335 e. The second kappa shape index (κ2) is 20.1. The van der Waals surface area contributed by atoms with Crippen molar-refractivity contribution in [3.8, 4) is 24.7 Å². The van der Waals surface area contributed by atoms with E-state index in [0.717, 1.165) is 67.9 Å². The van der Waals surface area contributed by atoms with Crippen molar-refractivity contribution in [2.75, 3.05) is 23.9 Å². The Morgan fingerprint density at radius 3 is 1.28 bits per heavy atom. The van der Waals surface area contributed by atoms with Gasteiger partial charge in [-0.25, -0.2) is 0 Å². The van der Waals surface area contributed by atoms with Gasteiger partial charge in [0.15, 0.2) is 0 Å². The summed E-state index contributed by atoms with van der Waals surface area (Å²) in [6.07, 6.45) is 11.5. The lowest BCUT2D eigenvalue weighted by Gasteiger charge is -2.41. The fraction of sp³-hybridized carbons (Fsp3) is 0.347. The molecule has 4 rings (SSSR count). The molecule has 2 aromatic rings. The van der Waals surface area contributed by atoms with Gasteiger partial charge < -0.3 is 9.80 Å². The molecule has 4 nitrogen and oxygen atoms in total. The molecular formula is C49H68N4. The molecule has 2 aliphatic heterocycles. The topological polar surface area (TPSA) is 13.0 Å². The van der Waals surface area contributed by atoms with Gasteiger partial charge in [0.25, 0.3) is 0 Å². The average molecular weight is 713 g/mol. The van der Waals surface area contributed by atoms with Gasteiger partial charge in [0.1, 0.15) is 17.1 Å². The molecule has 0 aliphatic carbocycles. The fourth-order valence-corrected chi connectivity index (χ4v) is 6.18. The second-order valence-electron chi connectivity index (χ2n) is 13.0. The predicted molar refractivity (Wildman–Crippen MR) is 239 cm³/mol. The number of aryl methyl sites for hydroxylation is 4. The Bertz CT molecular complexity index is 1880. The number of terminal acetylenes is 2. The van der Waals surface area contributed by atoms with E-state index in [9.17, 15) is 0 Å². The van der Waals surface area contributed by atoms with Gasteiger partial charge in [-0.1, -0.05) is 90.1 Å². The highest BCUT2D eigenvalue weighted by Crippen LogP contribution is 2.41. The molecule has 0 amide bonds. The molecule has 0 saturated carbocycles. The summed E-state index contributed by atoms with van der Waals surface area (Å²) in [5.74, 6) is 7.30. The van der Waals surface area contributed by atoms with Crippen LogP contribution in [0.3, 0.4) is 0 Å². The molecule has 0 N–H and O–H groups in total. The lowest BCUT2D eigenvalue weighted by molar-refractivity contribution is 0.487. The molecule has 0 bridgehead atoms. The molecule has 0 fully saturated rings.